The van der Waals surface area contributed by atoms with E-state index >= 15 is 0 Å². The first-order valence-electron chi connectivity index (χ1n) is 6.13. The van der Waals surface area contributed by atoms with E-state index in [0.29, 0.717) is 23.3 Å². The van der Waals surface area contributed by atoms with Gasteiger partial charge in [-0.05, 0) is 18.2 Å². The van der Waals surface area contributed by atoms with Crippen molar-refractivity contribution in [3.8, 4) is 0 Å². The second-order valence-electron chi connectivity index (χ2n) is 5.69. The smallest absolute Gasteiger partial charge is 0.154 e. The zero-order chi connectivity index (χ0) is 14.0. The van der Waals surface area contributed by atoms with E-state index in [0.717, 1.165) is 6.04 Å². The van der Waals surface area contributed by atoms with E-state index in [1.54, 1.807) is 10.7 Å². The third kappa shape index (κ3) is 3.84. The van der Waals surface area contributed by atoms with Crippen LogP contribution in [0, 0.1) is 5.82 Å². The van der Waals surface area contributed by atoms with Gasteiger partial charge in [-0.2, -0.15) is 0 Å². The van der Waals surface area contributed by atoms with Crippen molar-refractivity contribution in [1.82, 2.24) is 15.0 Å². The van der Waals surface area contributed by atoms with Crippen LogP contribution in [0.4, 0.5) is 4.39 Å². The zero-order valence-electron chi connectivity index (χ0n) is 11.3. The molecule has 2 aromatic rings. The van der Waals surface area contributed by atoms with Gasteiger partial charge in [0.05, 0.1) is 5.52 Å². The van der Waals surface area contributed by atoms with Crippen LogP contribution < -0.4 is 0 Å². The fraction of sp³-hybridized carbons (Fsp3) is 0.500. The Balaban J connectivity index is 2.05. The van der Waals surface area contributed by atoms with Crippen molar-refractivity contribution in [1.29, 1.82) is 0 Å². The third-order valence-electron chi connectivity index (χ3n) is 2.75. The number of aromatic nitrogens is 3. The lowest BCUT2D eigenvalue weighted by atomic mass is 10.3. The van der Waals surface area contributed by atoms with Gasteiger partial charge in [0, 0.05) is 19.2 Å². The van der Waals surface area contributed by atoms with Gasteiger partial charge in [0.1, 0.15) is 12.2 Å². The molecule has 0 aliphatic rings. The predicted molar refractivity (Wildman–Crippen MR) is 79.3 cm³/mol. The van der Waals surface area contributed by atoms with Crippen LogP contribution in [-0.4, -0.2) is 29.7 Å². The van der Waals surface area contributed by atoms with Crippen molar-refractivity contribution in [2.75, 3.05) is 6.61 Å². The molecule has 0 saturated carbocycles. The maximum atomic E-state index is 13.6. The molecule has 1 aromatic carbocycles. The molecule has 0 spiro atoms. The predicted octanol–water partition coefficient (Wildman–Crippen LogP) is 3.65. The molecule has 0 radical (unpaired) electrons. The molecule has 0 bridgehead atoms. The van der Waals surface area contributed by atoms with Crippen molar-refractivity contribution >= 4 is 35.0 Å². The van der Waals surface area contributed by atoms with E-state index in [4.69, 9.17) is 4.74 Å². The van der Waals surface area contributed by atoms with Crippen molar-refractivity contribution < 1.29 is 9.13 Å². The van der Waals surface area contributed by atoms with Crippen LogP contribution in [0.3, 0.4) is 0 Å². The molecule has 1 heterocycles. The highest BCUT2D eigenvalue weighted by Gasteiger charge is 2.13. The first kappa shape index (κ1) is 14.6. The largest absolute Gasteiger partial charge is 0.359 e. The Morgan fingerprint density at radius 1 is 1.37 bits per heavy atom. The third-order valence-corrected chi connectivity index (χ3v) is 4.91. The molecule has 0 amide bonds. The molecule has 0 unspecified atom stereocenters. The monoisotopic (exact) mass is 345 g/mol. The van der Waals surface area contributed by atoms with Crippen molar-refractivity contribution in [3.63, 3.8) is 0 Å². The van der Waals surface area contributed by atoms with Crippen LogP contribution in [0.5, 0.6) is 0 Å². The van der Waals surface area contributed by atoms with Crippen LogP contribution >= 0.6 is 15.9 Å². The van der Waals surface area contributed by atoms with Crippen LogP contribution in [-0.2, 0) is 11.5 Å². The number of nitrogens with zero attached hydrogens (tertiary/aromatic N) is 3. The lowest BCUT2D eigenvalue weighted by molar-refractivity contribution is 0.0803. The first-order valence-corrected chi connectivity index (χ1v) is 10.6. The molecule has 1 aromatic heterocycles. The van der Waals surface area contributed by atoms with E-state index < -0.39 is 8.07 Å². The quantitative estimate of drug-likeness (QED) is 0.613. The van der Waals surface area contributed by atoms with Crippen molar-refractivity contribution in [2.45, 2.75) is 32.4 Å². The molecule has 7 heteroatoms. The van der Waals surface area contributed by atoms with E-state index in [1.807, 2.05) is 0 Å². The van der Waals surface area contributed by atoms with Gasteiger partial charge in [-0.3, -0.25) is 0 Å². The minimum Gasteiger partial charge on any atom is -0.359 e. The summed E-state index contributed by atoms with van der Waals surface area (Å²) in [5.74, 6) is -0.377. The summed E-state index contributed by atoms with van der Waals surface area (Å²) in [4.78, 5) is 0. The Morgan fingerprint density at radius 3 is 2.79 bits per heavy atom. The number of hydrogen-bond acceptors (Lipinski definition) is 3. The molecule has 0 fully saturated rings. The van der Waals surface area contributed by atoms with Gasteiger partial charge in [-0.1, -0.05) is 40.8 Å². The second kappa shape index (κ2) is 5.68. The molecule has 0 aliphatic heterocycles. The molecule has 2 rings (SSSR count). The standard InChI is InChI=1S/C12H17BrFN3OSi/c1-19(2,3)5-4-18-8-17-11-7-9(13)6-10(14)12(11)15-16-17/h6-7H,4-5,8H2,1-3H3. The summed E-state index contributed by atoms with van der Waals surface area (Å²) in [6.45, 7) is 7.90. The molecule has 0 saturated heterocycles. The Bertz CT molecular complexity index is 582. The number of halogens is 2. The summed E-state index contributed by atoms with van der Waals surface area (Å²) in [5.41, 5.74) is 0.914. The fourth-order valence-electron chi connectivity index (χ4n) is 1.62. The fourth-order valence-corrected chi connectivity index (χ4v) is 2.79. The lowest BCUT2D eigenvalue weighted by Crippen LogP contribution is -2.22. The van der Waals surface area contributed by atoms with Gasteiger partial charge in [0.2, 0.25) is 0 Å². The minimum atomic E-state index is -1.09. The van der Waals surface area contributed by atoms with Crippen LogP contribution in [0.2, 0.25) is 25.7 Å². The van der Waals surface area contributed by atoms with E-state index in [2.05, 4.69) is 45.9 Å². The summed E-state index contributed by atoms with van der Waals surface area (Å²) >= 11 is 3.27. The Kier molecular flexibility index (Phi) is 4.37. The number of benzene rings is 1. The summed E-state index contributed by atoms with van der Waals surface area (Å²) < 4.78 is 21.5. The number of fused-ring (bicyclic) bond motifs is 1. The summed E-state index contributed by atoms with van der Waals surface area (Å²) in [7, 11) is -1.09. The highest BCUT2D eigenvalue weighted by atomic mass is 79.9. The SMILES string of the molecule is C[Si](C)(C)CCOCn1nnc2c(F)cc(Br)cc21. The zero-order valence-corrected chi connectivity index (χ0v) is 13.9. The highest BCUT2D eigenvalue weighted by molar-refractivity contribution is 9.10. The number of rotatable bonds is 5. The Hall–Kier alpha value is -0.793. The molecule has 19 heavy (non-hydrogen) atoms. The molecule has 4 nitrogen and oxygen atoms in total. The van der Waals surface area contributed by atoms with Gasteiger partial charge in [-0.15, -0.1) is 5.10 Å². The van der Waals surface area contributed by atoms with Gasteiger partial charge in [-0.25, -0.2) is 9.07 Å². The molecular formula is C12H17BrFN3OSi. The van der Waals surface area contributed by atoms with Crippen LogP contribution in [0.25, 0.3) is 11.0 Å². The normalized spacial score (nSPS) is 12.3. The van der Waals surface area contributed by atoms with Crippen LogP contribution in [0.15, 0.2) is 16.6 Å². The maximum absolute atomic E-state index is 13.6. The van der Waals surface area contributed by atoms with Gasteiger partial charge >= 0.3 is 0 Å². The summed E-state index contributed by atoms with van der Waals surface area (Å²) in [6.07, 6.45) is 0. The number of hydrogen-bond donors (Lipinski definition) is 0. The highest BCUT2D eigenvalue weighted by Crippen LogP contribution is 2.21. The summed E-state index contributed by atoms with van der Waals surface area (Å²) in [6, 6.07) is 4.27. The average Bonchev–Trinajstić information content (AvgIpc) is 2.66. The average molecular weight is 346 g/mol. The Morgan fingerprint density at radius 2 is 2.11 bits per heavy atom. The van der Waals surface area contributed by atoms with Crippen LogP contribution in [0.1, 0.15) is 0 Å². The molecular weight excluding hydrogens is 329 g/mol. The summed E-state index contributed by atoms with van der Waals surface area (Å²) in [5, 5.41) is 7.76. The van der Waals surface area contributed by atoms with E-state index in [-0.39, 0.29) is 11.3 Å². The molecule has 0 aliphatic carbocycles. The second-order valence-corrected chi connectivity index (χ2v) is 12.2. The number of ether oxygens (including phenoxy) is 1. The van der Waals surface area contributed by atoms with E-state index in [9.17, 15) is 4.39 Å². The maximum Gasteiger partial charge on any atom is 0.154 e. The topological polar surface area (TPSA) is 39.9 Å². The van der Waals surface area contributed by atoms with Crippen molar-refractivity contribution in [3.05, 3.63) is 22.4 Å². The first-order chi connectivity index (χ1) is 8.87. The molecule has 0 N–H and O–H groups in total. The lowest BCUT2D eigenvalue weighted by Gasteiger charge is -2.15. The minimum absolute atomic E-state index is 0.275. The Labute approximate surface area is 121 Å². The van der Waals surface area contributed by atoms with E-state index in [1.165, 1.54) is 6.07 Å². The molecule has 104 valence electrons. The van der Waals surface area contributed by atoms with Gasteiger partial charge < -0.3 is 4.74 Å². The molecule has 0 atom stereocenters. The van der Waals surface area contributed by atoms with Crippen molar-refractivity contribution in [2.24, 2.45) is 0 Å². The van der Waals surface area contributed by atoms with Gasteiger partial charge in [0.25, 0.3) is 0 Å². The van der Waals surface area contributed by atoms with Gasteiger partial charge in [0.15, 0.2) is 5.82 Å².